The van der Waals surface area contributed by atoms with Gasteiger partial charge in [0.2, 0.25) is 6.79 Å². The molecule has 1 aliphatic heterocycles. The Bertz CT molecular complexity index is 750. The maximum absolute atomic E-state index is 11.6. The van der Waals surface area contributed by atoms with E-state index in [9.17, 15) is 4.79 Å². The zero-order valence-corrected chi connectivity index (χ0v) is 18.2. The Morgan fingerprint density at radius 2 is 2.03 bits per heavy atom. The Kier molecular flexibility index (Phi) is 5.78. The Morgan fingerprint density at radius 3 is 2.86 bits per heavy atom. The maximum atomic E-state index is 11.6. The summed E-state index contributed by atoms with van der Waals surface area (Å²) in [5.41, 5.74) is 3.51. The van der Waals surface area contributed by atoms with E-state index >= 15 is 0 Å². The molecule has 0 amide bonds. The number of carbonyl (C=O) groups is 1. The Morgan fingerprint density at radius 1 is 1.21 bits per heavy atom. The zero-order chi connectivity index (χ0) is 20.5. The number of hydrogen-bond acceptors (Lipinski definition) is 5. The molecule has 2 aliphatic carbocycles. The number of likely N-dealkylation sites (tertiary alicyclic amines) is 1. The van der Waals surface area contributed by atoms with Crippen LogP contribution in [0.3, 0.4) is 0 Å². The first-order chi connectivity index (χ1) is 14.0. The highest BCUT2D eigenvalue weighted by atomic mass is 16.8. The molecular weight excluding hydrogens is 366 g/mol. The predicted molar refractivity (Wildman–Crippen MR) is 112 cm³/mol. The minimum Gasteiger partial charge on any atom is -0.457 e. The van der Waals surface area contributed by atoms with Gasteiger partial charge in [0.25, 0.3) is 0 Å². The molecule has 1 saturated heterocycles. The monoisotopic (exact) mass is 401 g/mol. The second-order valence-corrected chi connectivity index (χ2v) is 9.33. The van der Waals surface area contributed by atoms with Crippen molar-refractivity contribution in [3.05, 3.63) is 29.3 Å². The first-order valence-electron chi connectivity index (χ1n) is 11.3. The second-order valence-electron chi connectivity index (χ2n) is 9.33. The summed E-state index contributed by atoms with van der Waals surface area (Å²) >= 11 is 0. The fourth-order valence-electron chi connectivity index (χ4n) is 6.27. The average Bonchev–Trinajstić information content (AvgIpc) is 2.71. The number of ether oxygens (including phenoxy) is 3. The molecule has 0 N–H and O–H groups in total. The van der Waals surface area contributed by atoms with Gasteiger partial charge in [-0.2, -0.15) is 0 Å². The zero-order valence-electron chi connectivity index (χ0n) is 18.2. The van der Waals surface area contributed by atoms with Crippen molar-refractivity contribution in [2.75, 3.05) is 27.0 Å². The van der Waals surface area contributed by atoms with E-state index in [1.54, 1.807) is 0 Å². The topological polar surface area (TPSA) is 48.0 Å². The first kappa shape index (κ1) is 20.5. The summed E-state index contributed by atoms with van der Waals surface area (Å²) in [7, 11) is 2.30. The van der Waals surface area contributed by atoms with Crippen LogP contribution in [0.4, 0.5) is 4.79 Å². The van der Waals surface area contributed by atoms with Crippen molar-refractivity contribution in [1.29, 1.82) is 0 Å². The van der Waals surface area contributed by atoms with Gasteiger partial charge in [-0.15, -0.1) is 0 Å². The van der Waals surface area contributed by atoms with Crippen LogP contribution in [0.15, 0.2) is 18.2 Å². The molecule has 2 fully saturated rings. The van der Waals surface area contributed by atoms with Gasteiger partial charge in [-0.1, -0.05) is 39.2 Å². The van der Waals surface area contributed by atoms with Gasteiger partial charge >= 0.3 is 6.16 Å². The lowest BCUT2D eigenvalue weighted by Crippen LogP contribution is -2.66. The Labute approximate surface area is 174 Å². The molecule has 29 heavy (non-hydrogen) atoms. The Balaban J connectivity index is 1.50. The average molecular weight is 402 g/mol. The highest BCUT2D eigenvalue weighted by Crippen LogP contribution is 2.62. The lowest BCUT2D eigenvalue weighted by atomic mass is 9.45. The van der Waals surface area contributed by atoms with E-state index in [-0.39, 0.29) is 12.2 Å². The number of fused-ring (bicyclic) bond motifs is 1. The van der Waals surface area contributed by atoms with Crippen molar-refractivity contribution in [3.8, 4) is 5.75 Å². The van der Waals surface area contributed by atoms with Crippen LogP contribution >= 0.6 is 0 Å². The molecule has 1 heterocycles. The largest absolute Gasteiger partial charge is 0.511 e. The third-order valence-electron chi connectivity index (χ3n) is 7.93. The normalized spacial score (nSPS) is 30.8. The van der Waals surface area contributed by atoms with Crippen LogP contribution in [0.25, 0.3) is 0 Å². The highest BCUT2D eigenvalue weighted by molar-refractivity contribution is 5.59. The number of nitrogens with zero attached hydrogens (tertiary/aromatic N) is 1. The number of benzene rings is 1. The van der Waals surface area contributed by atoms with Crippen LogP contribution in [0, 0.1) is 5.41 Å². The van der Waals surface area contributed by atoms with E-state index in [0.717, 1.165) is 31.6 Å². The van der Waals surface area contributed by atoms with E-state index < -0.39 is 6.16 Å². The minimum atomic E-state index is -0.659. The smallest absolute Gasteiger partial charge is 0.457 e. The van der Waals surface area contributed by atoms with E-state index in [4.69, 9.17) is 14.2 Å². The fourth-order valence-corrected chi connectivity index (χ4v) is 6.27. The molecule has 1 aromatic carbocycles. The minimum absolute atomic E-state index is 0.112. The van der Waals surface area contributed by atoms with Crippen molar-refractivity contribution in [2.24, 2.45) is 5.41 Å². The van der Waals surface area contributed by atoms with Crippen molar-refractivity contribution in [2.45, 2.75) is 76.7 Å². The molecule has 0 radical (unpaired) electrons. The molecule has 0 aromatic heterocycles. The molecular formula is C24H35NO4. The summed E-state index contributed by atoms with van der Waals surface area (Å²) in [5.74, 6) is 0.782. The molecule has 5 nitrogen and oxygen atoms in total. The van der Waals surface area contributed by atoms with Gasteiger partial charge in [0.1, 0.15) is 5.75 Å². The number of carbonyl (C=O) groups excluding carboxylic acids is 1. The van der Waals surface area contributed by atoms with Gasteiger partial charge in [0, 0.05) is 11.5 Å². The standard InChI is InChI=1S/C24H35NO4/c1-4-5-14-27-22(26)29-17-28-19-9-8-18-15-21-23(2)10-6-7-11-24(23,20(18)16-19)12-13-25(21)3/h8-9,16,21H,4-7,10-15,17H2,1-3H3/t21-,23+,24+/m0/s1. The molecule has 4 rings (SSSR count). The van der Waals surface area contributed by atoms with Crippen molar-refractivity contribution in [1.82, 2.24) is 4.90 Å². The lowest BCUT2D eigenvalue weighted by molar-refractivity contribution is -0.0737. The van der Waals surface area contributed by atoms with Gasteiger partial charge in [0.15, 0.2) is 0 Å². The highest BCUT2D eigenvalue weighted by Gasteiger charge is 2.60. The molecule has 160 valence electrons. The van der Waals surface area contributed by atoms with Gasteiger partial charge in [-0.25, -0.2) is 4.79 Å². The second kappa shape index (κ2) is 8.17. The van der Waals surface area contributed by atoms with Crippen LogP contribution in [0.2, 0.25) is 0 Å². The summed E-state index contributed by atoms with van der Waals surface area (Å²) in [5, 5.41) is 0. The van der Waals surface area contributed by atoms with Crippen LogP contribution in [-0.4, -0.2) is 44.1 Å². The number of hydrogen-bond donors (Lipinski definition) is 0. The predicted octanol–water partition coefficient (Wildman–Crippen LogP) is 5.05. The molecule has 1 saturated carbocycles. The number of likely N-dealkylation sites (N-methyl/N-ethyl adjacent to an activating group) is 1. The number of rotatable bonds is 6. The summed E-state index contributed by atoms with van der Waals surface area (Å²) < 4.78 is 15.9. The molecule has 3 aliphatic rings. The molecule has 0 spiro atoms. The molecule has 1 aromatic rings. The maximum Gasteiger partial charge on any atom is 0.511 e. The van der Waals surface area contributed by atoms with Crippen LogP contribution < -0.4 is 4.74 Å². The number of piperidine rings is 1. The number of unbranched alkanes of at least 4 members (excludes halogenated alkanes) is 1. The summed E-state index contributed by atoms with van der Waals surface area (Å²) in [6, 6.07) is 7.10. The molecule has 3 atom stereocenters. The van der Waals surface area contributed by atoms with E-state index in [0.29, 0.717) is 18.1 Å². The first-order valence-corrected chi connectivity index (χ1v) is 11.3. The molecule has 2 bridgehead atoms. The molecule has 5 heteroatoms. The van der Waals surface area contributed by atoms with Crippen LogP contribution in [0.1, 0.15) is 69.9 Å². The SMILES string of the molecule is CCCCOC(=O)OCOc1ccc2c(c1)[C@]13CCCC[C@]1(C)[C@H](C2)N(C)CC3. The van der Waals surface area contributed by atoms with E-state index in [1.807, 2.05) is 6.07 Å². The van der Waals surface area contributed by atoms with Gasteiger partial charge in [-0.3, -0.25) is 0 Å². The Hall–Kier alpha value is -1.75. The van der Waals surface area contributed by atoms with E-state index in [1.165, 1.54) is 43.2 Å². The van der Waals surface area contributed by atoms with Crippen molar-refractivity contribution < 1.29 is 19.0 Å². The van der Waals surface area contributed by atoms with Gasteiger partial charge in [0.05, 0.1) is 6.61 Å². The summed E-state index contributed by atoms with van der Waals surface area (Å²) in [6.07, 6.45) is 8.72. The third-order valence-corrected chi connectivity index (χ3v) is 7.93. The van der Waals surface area contributed by atoms with Crippen molar-refractivity contribution >= 4 is 6.16 Å². The van der Waals surface area contributed by atoms with Gasteiger partial charge < -0.3 is 19.1 Å². The van der Waals surface area contributed by atoms with Crippen LogP contribution in [0.5, 0.6) is 5.75 Å². The summed E-state index contributed by atoms with van der Waals surface area (Å²) in [4.78, 5) is 14.2. The molecule has 0 unspecified atom stereocenters. The van der Waals surface area contributed by atoms with Crippen molar-refractivity contribution in [3.63, 3.8) is 0 Å². The van der Waals surface area contributed by atoms with Crippen LogP contribution in [-0.2, 0) is 21.3 Å². The quantitative estimate of drug-likeness (QED) is 0.379. The fraction of sp³-hybridized carbons (Fsp3) is 0.708. The third kappa shape index (κ3) is 3.52. The van der Waals surface area contributed by atoms with Gasteiger partial charge in [-0.05, 0) is 74.4 Å². The lowest BCUT2D eigenvalue weighted by Gasteiger charge is -2.65. The summed E-state index contributed by atoms with van der Waals surface area (Å²) in [6.45, 7) is 6.03. The van der Waals surface area contributed by atoms with E-state index in [2.05, 4.69) is 37.9 Å².